The van der Waals surface area contributed by atoms with E-state index in [0.717, 1.165) is 22.3 Å². The van der Waals surface area contributed by atoms with Crippen molar-refractivity contribution >= 4 is 86.1 Å². The summed E-state index contributed by atoms with van der Waals surface area (Å²) in [5.41, 5.74) is 0. The van der Waals surface area contributed by atoms with Crippen LogP contribution in [0, 0.1) is 0 Å². The van der Waals surface area contributed by atoms with Gasteiger partial charge in [-0.05, 0) is 12.1 Å². The van der Waals surface area contributed by atoms with Gasteiger partial charge in [-0.25, -0.2) is 0 Å². The molecule has 0 bridgehead atoms. The number of hydrogen-bond acceptors (Lipinski definition) is 6. The lowest BCUT2D eigenvalue weighted by atomic mass is 10.4. The molecule has 88 valence electrons. The van der Waals surface area contributed by atoms with Gasteiger partial charge in [-0.1, -0.05) is 0 Å². The van der Waals surface area contributed by atoms with Gasteiger partial charge in [0, 0.05) is 9.40 Å². The molecule has 0 aliphatic carbocycles. The molecule has 0 radical (unpaired) electrons. The van der Waals surface area contributed by atoms with E-state index in [1.54, 1.807) is 45.3 Å². The molecule has 0 aliphatic rings. The van der Waals surface area contributed by atoms with Crippen LogP contribution in [0.2, 0.25) is 0 Å². The van der Waals surface area contributed by atoms with Gasteiger partial charge in [0.15, 0.2) is 12.6 Å². The Kier molecular flexibility index (Phi) is 2.23. The minimum absolute atomic E-state index is 0.781. The predicted molar refractivity (Wildman–Crippen MR) is 81.2 cm³/mol. The Morgan fingerprint density at radius 1 is 0.667 bits per heavy atom. The minimum atomic E-state index is 0.781. The van der Waals surface area contributed by atoms with Gasteiger partial charge in [0.05, 0.1) is 28.6 Å². The van der Waals surface area contributed by atoms with Crippen LogP contribution in [-0.2, 0) is 0 Å². The van der Waals surface area contributed by atoms with Gasteiger partial charge in [-0.2, -0.15) is 0 Å². The second kappa shape index (κ2) is 3.71. The van der Waals surface area contributed by atoms with Crippen molar-refractivity contribution in [1.82, 2.24) is 0 Å². The van der Waals surface area contributed by atoms with Crippen LogP contribution in [-0.4, -0.2) is 12.6 Å². The predicted octanol–water partition coefficient (Wildman–Crippen LogP) is 5.02. The highest BCUT2D eigenvalue weighted by atomic mass is 32.1. The van der Waals surface area contributed by atoms with Gasteiger partial charge in [-0.15, -0.1) is 45.3 Å². The summed E-state index contributed by atoms with van der Waals surface area (Å²) < 4.78 is 7.27. The van der Waals surface area contributed by atoms with Crippen molar-refractivity contribution in [2.75, 3.05) is 0 Å². The lowest BCUT2D eigenvalue weighted by Crippen LogP contribution is -1.63. The fraction of sp³-hybridized carbons (Fsp3) is 0. The maximum Gasteiger partial charge on any atom is 0.160 e. The van der Waals surface area contributed by atoms with E-state index in [0.29, 0.717) is 0 Å². The number of aldehydes is 2. The van der Waals surface area contributed by atoms with E-state index < -0.39 is 0 Å². The summed E-state index contributed by atoms with van der Waals surface area (Å²) in [6.45, 7) is 0. The SMILES string of the molecule is O=Cc1cc2sc3c4sc(C=O)cc4sc3c2s1. The zero-order valence-corrected chi connectivity index (χ0v) is 12.0. The van der Waals surface area contributed by atoms with E-state index in [1.165, 1.54) is 28.2 Å². The molecule has 0 aliphatic heterocycles. The number of carbonyl (C=O) groups is 2. The van der Waals surface area contributed by atoms with Crippen LogP contribution in [0.3, 0.4) is 0 Å². The van der Waals surface area contributed by atoms with Crippen LogP contribution < -0.4 is 0 Å². The molecule has 0 aromatic carbocycles. The smallest absolute Gasteiger partial charge is 0.160 e. The van der Waals surface area contributed by atoms with Crippen molar-refractivity contribution < 1.29 is 9.59 Å². The molecule has 4 aromatic heterocycles. The molecule has 0 saturated heterocycles. The molecule has 4 aromatic rings. The van der Waals surface area contributed by atoms with Crippen LogP contribution >= 0.6 is 45.3 Å². The highest BCUT2D eigenvalue weighted by Gasteiger charge is 2.16. The van der Waals surface area contributed by atoms with Gasteiger partial charge in [-0.3, -0.25) is 9.59 Å². The molecular formula is C12H4O2S4. The van der Waals surface area contributed by atoms with Gasteiger partial charge >= 0.3 is 0 Å². The first-order valence-corrected chi connectivity index (χ1v) is 8.35. The molecule has 0 N–H and O–H groups in total. The molecule has 4 heterocycles. The number of carbonyl (C=O) groups excluding carboxylic acids is 2. The van der Waals surface area contributed by atoms with Gasteiger partial charge < -0.3 is 0 Å². The van der Waals surface area contributed by atoms with E-state index in [9.17, 15) is 9.59 Å². The van der Waals surface area contributed by atoms with Crippen molar-refractivity contribution in [3.63, 3.8) is 0 Å². The third-order valence-electron chi connectivity index (χ3n) is 2.71. The van der Waals surface area contributed by atoms with Crippen molar-refractivity contribution in [3.8, 4) is 0 Å². The zero-order valence-electron chi connectivity index (χ0n) is 8.76. The molecule has 0 saturated carbocycles. The molecule has 0 amide bonds. The number of thiophene rings is 4. The summed E-state index contributed by atoms with van der Waals surface area (Å²) in [6.07, 6.45) is 1.81. The van der Waals surface area contributed by atoms with Gasteiger partial charge in [0.25, 0.3) is 0 Å². The van der Waals surface area contributed by atoms with E-state index in [-0.39, 0.29) is 0 Å². The molecular weight excluding hydrogens is 304 g/mol. The van der Waals surface area contributed by atoms with E-state index in [4.69, 9.17) is 0 Å². The van der Waals surface area contributed by atoms with Crippen molar-refractivity contribution in [3.05, 3.63) is 21.9 Å². The molecule has 0 atom stereocenters. The Morgan fingerprint density at radius 2 is 1.11 bits per heavy atom. The summed E-state index contributed by atoms with van der Waals surface area (Å²) in [5, 5.41) is 0. The number of hydrogen-bond donors (Lipinski definition) is 0. The van der Waals surface area contributed by atoms with Crippen molar-refractivity contribution in [2.45, 2.75) is 0 Å². The Morgan fingerprint density at radius 3 is 1.50 bits per heavy atom. The van der Waals surface area contributed by atoms with Gasteiger partial charge in [0.2, 0.25) is 0 Å². The van der Waals surface area contributed by atoms with Crippen LogP contribution in [0.1, 0.15) is 19.3 Å². The summed E-state index contributed by atoms with van der Waals surface area (Å²) >= 11 is 6.53. The fourth-order valence-electron chi connectivity index (χ4n) is 1.98. The summed E-state index contributed by atoms with van der Waals surface area (Å²) in [5.74, 6) is 0. The number of fused-ring (bicyclic) bond motifs is 5. The van der Waals surface area contributed by atoms with Crippen molar-refractivity contribution in [2.24, 2.45) is 0 Å². The first-order valence-electron chi connectivity index (χ1n) is 5.09. The zero-order chi connectivity index (χ0) is 12.3. The highest BCUT2D eigenvalue weighted by molar-refractivity contribution is 7.44. The second-order valence-electron chi connectivity index (χ2n) is 3.78. The average Bonchev–Trinajstić information content (AvgIpc) is 3.05. The van der Waals surface area contributed by atoms with Crippen LogP contribution in [0.4, 0.5) is 0 Å². The third-order valence-corrected chi connectivity index (χ3v) is 7.82. The van der Waals surface area contributed by atoms with E-state index in [2.05, 4.69) is 0 Å². The molecule has 6 heteroatoms. The third kappa shape index (κ3) is 1.31. The summed E-state index contributed by atoms with van der Waals surface area (Å²) in [4.78, 5) is 23.2. The first kappa shape index (κ1) is 10.8. The summed E-state index contributed by atoms with van der Waals surface area (Å²) in [6, 6.07) is 3.90. The molecule has 0 spiro atoms. The standard InChI is InChI=1S/C12H4O2S4/c13-3-5-1-7-9(15-5)11-12(17-7)10-8(18-11)2-6(4-14)16-10/h1-4H. The Balaban J connectivity index is 2.15. The first-order chi connectivity index (χ1) is 8.80. The molecule has 2 nitrogen and oxygen atoms in total. The summed E-state index contributed by atoms with van der Waals surface area (Å²) in [7, 11) is 0. The lowest BCUT2D eigenvalue weighted by Gasteiger charge is -1.78. The van der Waals surface area contributed by atoms with Crippen molar-refractivity contribution in [1.29, 1.82) is 0 Å². The normalized spacial score (nSPS) is 11.8. The highest BCUT2D eigenvalue weighted by Crippen LogP contribution is 2.49. The molecule has 4 rings (SSSR count). The van der Waals surface area contributed by atoms with Crippen LogP contribution in [0.25, 0.3) is 28.2 Å². The Bertz CT molecular complexity index is 842. The maximum absolute atomic E-state index is 10.8. The lowest BCUT2D eigenvalue weighted by molar-refractivity contribution is 0.111. The minimum Gasteiger partial charge on any atom is -0.297 e. The maximum atomic E-state index is 10.8. The van der Waals surface area contributed by atoms with Gasteiger partial charge in [0.1, 0.15) is 0 Å². The topological polar surface area (TPSA) is 34.1 Å². The van der Waals surface area contributed by atoms with Crippen LogP contribution in [0.15, 0.2) is 12.1 Å². The monoisotopic (exact) mass is 308 g/mol. The average molecular weight is 308 g/mol. The number of rotatable bonds is 2. The quantitative estimate of drug-likeness (QED) is 0.487. The second-order valence-corrected chi connectivity index (χ2v) is 8.05. The van der Waals surface area contributed by atoms with Crippen LogP contribution in [0.5, 0.6) is 0 Å². The fourth-order valence-corrected chi connectivity index (χ4v) is 7.26. The molecule has 18 heavy (non-hydrogen) atoms. The van der Waals surface area contributed by atoms with E-state index in [1.807, 2.05) is 12.1 Å². The Labute approximate surface area is 117 Å². The van der Waals surface area contributed by atoms with E-state index >= 15 is 0 Å². The molecule has 0 unspecified atom stereocenters. The Hall–Kier alpha value is -1.08. The molecule has 0 fully saturated rings. The largest absolute Gasteiger partial charge is 0.297 e.